The van der Waals surface area contributed by atoms with Crippen molar-refractivity contribution < 1.29 is 9.53 Å². The Morgan fingerprint density at radius 1 is 1.25 bits per heavy atom. The first-order chi connectivity index (χ1) is 9.50. The molecule has 0 bridgehead atoms. The summed E-state index contributed by atoms with van der Waals surface area (Å²) in [6.07, 6.45) is 4.07. The van der Waals surface area contributed by atoms with Crippen LogP contribution in [-0.4, -0.2) is 25.1 Å². The highest BCUT2D eigenvalue weighted by atomic mass is 16.5. The van der Waals surface area contributed by atoms with Crippen molar-refractivity contribution in [1.82, 2.24) is 19.1 Å². The fraction of sp³-hybridized carbons (Fsp3) is 0.250. The number of carbonyl (C=O) groups excluding carboxylic acids is 1. The summed E-state index contributed by atoms with van der Waals surface area (Å²) in [4.78, 5) is 42.4. The molecule has 0 fully saturated rings. The fourth-order valence-electron chi connectivity index (χ4n) is 1.53. The topological polar surface area (TPSA) is 96.1 Å². The van der Waals surface area contributed by atoms with Crippen LogP contribution in [0.25, 0.3) is 0 Å². The third kappa shape index (κ3) is 2.63. The molecule has 0 saturated heterocycles. The summed E-state index contributed by atoms with van der Waals surface area (Å²) >= 11 is 0. The predicted molar refractivity (Wildman–Crippen MR) is 68.1 cm³/mol. The van der Waals surface area contributed by atoms with Crippen molar-refractivity contribution in [2.45, 2.75) is 6.61 Å². The Balaban J connectivity index is 2.19. The lowest BCUT2D eigenvalue weighted by Crippen LogP contribution is -2.38. The second-order valence-corrected chi connectivity index (χ2v) is 4.04. The molecule has 2 aromatic heterocycles. The first-order valence-corrected chi connectivity index (χ1v) is 5.70. The van der Waals surface area contributed by atoms with Crippen LogP contribution < -0.4 is 11.2 Å². The summed E-state index contributed by atoms with van der Waals surface area (Å²) in [6.45, 7) is -0.197. The quantitative estimate of drug-likeness (QED) is 0.683. The highest BCUT2D eigenvalue weighted by Crippen LogP contribution is 2.00. The molecule has 0 spiro atoms. The molecule has 0 saturated carbocycles. The number of hydrogen-bond donors (Lipinski definition) is 0. The molecule has 0 amide bonds. The van der Waals surface area contributed by atoms with Crippen LogP contribution in [0, 0.1) is 0 Å². The van der Waals surface area contributed by atoms with Gasteiger partial charge >= 0.3 is 11.7 Å². The van der Waals surface area contributed by atoms with E-state index in [1.807, 2.05) is 0 Å². The maximum atomic E-state index is 11.7. The average molecular weight is 276 g/mol. The largest absolute Gasteiger partial charge is 0.454 e. The van der Waals surface area contributed by atoms with Gasteiger partial charge in [-0.3, -0.25) is 18.9 Å². The first kappa shape index (κ1) is 13.7. The van der Waals surface area contributed by atoms with Gasteiger partial charge in [-0.1, -0.05) is 0 Å². The van der Waals surface area contributed by atoms with Crippen molar-refractivity contribution in [3.63, 3.8) is 0 Å². The average Bonchev–Trinajstić information content (AvgIpc) is 2.48. The minimum absolute atomic E-state index is 0.0568. The number of ether oxygens (including phenoxy) is 1. The van der Waals surface area contributed by atoms with E-state index in [0.29, 0.717) is 5.69 Å². The number of hydrogen-bond acceptors (Lipinski definition) is 6. The fourth-order valence-corrected chi connectivity index (χ4v) is 1.53. The van der Waals surface area contributed by atoms with Crippen LogP contribution in [0.5, 0.6) is 0 Å². The third-order valence-electron chi connectivity index (χ3n) is 2.75. The van der Waals surface area contributed by atoms with Crippen molar-refractivity contribution >= 4 is 5.97 Å². The Morgan fingerprint density at radius 3 is 2.65 bits per heavy atom. The summed E-state index contributed by atoms with van der Waals surface area (Å²) in [7, 11) is 2.87. The molecule has 0 unspecified atom stereocenters. The van der Waals surface area contributed by atoms with Gasteiger partial charge in [0.1, 0.15) is 6.61 Å². The molecule has 20 heavy (non-hydrogen) atoms. The molecule has 8 heteroatoms. The highest BCUT2D eigenvalue weighted by Gasteiger charge is 2.11. The van der Waals surface area contributed by atoms with Crippen LogP contribution in [0.2, 0.25) is 0 Å². The van der Waals surface area contributed by atoms with E-state index in [9.17, 15) is 14.4 Å². The van der Waals surface area contributed by atoms with Crippen LogP contribution in [0.1, 0.15) is 16.2 Å². The molecule has 0 radical (unpaired) electrons. The van der Waals surface area contributed by atoms with Crippen molar-refractivity contribution in [1.29, 1.82) is 0 Å². The van der Waals surface area contributed by atoms with E-state index in [1.54, 1.807) is 0 Å². The first-order valence-electron chi connectivity index (χ1n) is 5.70. The molecule has 0 aliphatic carbocycles. The highest BCUT2D eigenvalue weighted by molar-refractivity contribution is 5.86. The smallest absolute Gasteiger partial charge is 0.358 e. The van der Waals surface area contributed by atoms with E-state index in [4.69, 9.17) is 4.74 Å². The molecular formula is C12H12N4O4. The number of esters is 1. The Bertz CT molecular complexity index is 748. The van der Waals surface area contributed by atoms with Crippen LogP contribution in [0.15, 0.2) is 34.2 Å². The molecule has 0 aliphatic heterocycles. The number of nitrogens with zero attached hydrogens (tertiary/aromatic N) is 4. The van der Waals surface area contributed by atoms with E-state index in [2.05, 4.69) is 9.97 Å². The van der Waals surface area contributed by atoms with Crippen LogP contribution in [0.3, 0.4) is 0 Å². The van der Waals surface area contributed by atoms with Crippen LogP contribution in [0.4, 0.5) is 0 Å². The van der Waals surface area contributed by atoms with E-state index in [-0.39, 0.29) is 12.3 Å². The Kier molecular flexibility index (Phi) is 3.74. The molecule has 2 aromatic rings. The lowest BCUT2D eigenvalue weighted by molar-refractivity contribution is 0.0455. The minimum Gasteiger partial charge on any atom is -0.454 e. The second-order valence-electron chi connectivity index (χ2n) is 4.04. The second kappa shape index (κ2) is 5.47. The van der Waals surface area contributed by atoms with Gasteiger partial charge in [0.2, 0.25) is 0 Å². The molecule has 8 nitrogen and oxygen atoms in total. The maximum Gasteiger partial charge on any atom is 0.358 e. The van der Waals surface area contributed by atoms with Gasteiger partial charge in [-0.2, -0.15) is 0 Å². The van der Waals surface area contributed by atoms with Gasteiger partial charge < -0.3 is 4.74 Å². The van der Waals surface area contributed by atoms with Crippen molar-refractivity contribution in [2.75, 3.05) is 0 Å². The van der Waals surface area contributed by atoms with E-state index < -0.39 is 17.2 Å². The van der Waals surface area contributed by atoms with E-state index >= 15 is 0 Å². The number of carbonyl (C=O) groups is 1. The number of aromatic nitrogens is 4. The van der Waals surface area contributed by atoms with Gasteiger partial charge in [-0.25, -0.2) is 14.6 Å². The number of rotatable bonds is 3. The predicted octanol–water partition coefficient (Wildman–Crippen LogP) is -0.769. The van der Waals surface area contributed by atoms with E-state index in [1.165, 1.54) is 43.3 Å². The zero-order valence-electron chi connectivity index (χ0n) is 10.9. The van der Waals surface area contributed by atoms with Crippen molar-refractivity contribution in [3.05, 3.63) is 56.9 Å². The zero-order chi connectivity index (χ0) is 14.7. The molecule has 0 aliphatic rings. The van der Waals surface area contributed by atoms with Gasteiger partial charge in [0.05, 0.1) is 11.9 Å². The Morgan fingerprint density at radius 2 is 2.00 bits per heavy atom. The normalized spacial score (nSPS) is 10.3. The third-order valence-corrected chi connectivity index (χ3v) is 2.75. The summed E-state index contributed by atoms with van der Waals surface area (Å²) in [5, 5.41) is 0. The lowest BCUT2D eigenvalue weighted by Gasteiger charge is -2.09. The summed E-state index contributed by atoms with van der Waals surface area (Å²) in [5.41, 5.74) is -0.585. The van der Waals surface area contributed by atoms with Crippen LogP contribution >= 0.6 is 0 Å². The summed E-state index contributed by atoms with van der Waals surface area (Å²) < 4.78 is 7.20. The minimum atomic E-state index is -0.675. The lowest BCUT2D eigenvalue weighted by atomic mass is 10.4. The molecule has 104 valence electrons. The van der Waals surface area contributed by atoms with Crippen LogP contribution in [-0.2, 0) is 25.4 Å². The van der Waals surface area contributed by atoms with Gasteiger partial charge in [0, 0.05) is 32.6 Å². The van der Waals surface area contributed by atoms with Gasteiger partial charge in [0.25, 0.3) is 5.56 Å². The molecule has 0 aromatic carbocycles. The van der Waals surface area contributed by atoms with Gasteiger partial charge in [-0.05, 0) is 0 Å². The molecular weight excluding hydrogens is 264 g/mol. The molecule has 0 atom stereocenters. The van der Waals surface area contributed by atoms with Crippen molar-refractivity contribution in [2.24, 2.45) is 14.1 Å². The monoisotopic (exact) mass is 276 g/mol. The Labute approximate surface area is 113 Å². The van der Waals surface area contributed by atoms with E-state index in [0.717, 1.165) is 4.57 Å². The standard InChI is InChI=1S/C12H12N4O4/c1-15-8(5-10(17)16(2)12(15)19)7-20-11(18)9-6-13-3-4-14-9/h3-6H,7H2,1-2H3. The Hall–Kier alpha value is -2.77. The van der Waals surface area contributed by atoms with Gasteiger partial charge in [-0.15, -0.1) is 0 Å². The SMILES string of the molecule is Cn1c(COC(=O)c2cnccn2)cc(=O)n(C)c1=O. The van der Waals surface area contributed by atoms with Gasteiger partial charge in [0.15, 0.2) is 5.69 Å². The van der Waals surface area contributed by atoms with Crippen molar-refractivity contribution in [3.8, 4) is 0 Å². The summed E-state index contributed by atoms with van der Waals surface area (Å²) in [5.74, 6) is -0.675. The molecule has 2 rings (SSSR count). The zero-order valence-corrected chi connectivity index (χ0v) is 10.9. The molecule has 2 heterocycles. The summed E-state index contributed by atoms with van der Waals surface area (Å²) in [6, 6.07) is 1.24. The molecule has 0 N–H and O–H groups in total. The maximum absolute atomic E-state index is 11.7.